The van der Waals surface area contributed by atoms with E-state index in [2.05, 4.69) is 10.0 Å². The predicted octanol–water partition coefficient (Wildman–Crippen LogP) is 1.23. The van der Waals surface area contributed by atoms with Crippen LogP contribution in [0.5, 0.6) is 0 Å². The summed E-state index contributed by atoms with van der Waals surface area (Å²) in [5, 5.41) is 2.51. The van der Waals surface area contributed by atoms with Gasteiger partial charge in [-0.15, -0.1) is 0 Å². The molecule has 1 atom stereocenters. The van der Waals surface area contributed by atoms with Crippen LogP contribution in [-0.2, 0) is 14.8 Å². The molecule has 0 radical (unpaired) electrons. The highest BCUT2D eigenvalue weighted by Gasteiger charge is 2.22. The molecular formula is C16H16FN3O4S. The van der Waals surface area contributed by atoms with E-state index >= 15 is 0 Å². The van der Waals surface area contributed by atoms with Gasteiger partial charge in [-0.3, -0.25) is 9.59 Å². The summed E-state index contributed by atoms with van der Waals surface area (Å²) in [5.41, 5.74) is 5.78. The smallest absolute Gasteiger partial charge is 0.248 e. The van der Waals surface area contributed by atoms with Gasteiger partial charge in [-0.2, -0.15) is 4.72 Å². The molecule has 0 heterocycles. The molecule has 0 aliphatic heterocycles. The largest absolute Gasteiger partial charge is 0.366 e. The minimum atomic E-state index is -3.97. The van der Waals surface area contributed by atoms with E-state index in [1.54, 1.807) is 0 Å². The van der Waals surface area contributed by atoms with Crippen molar-refractivity contribution in [2.75, 3.05) is 5.32 Å². The lowest BCUT2D eigenvalue weighted by Gasteiger charge is -2.14. The van der Waals surface area contributed by atoms with E-state index in [0.717, 1.165) is 24.3 Å². The first-order valence-electron chi connectivity index (χ1n) is 7.17. The lowest BCUT2D eigenvalue weighted by Crippen LogP contribution is -2.41. The predicted molar refractivity (Wildman–Crippen MR) is 89.8 cm³/mol. The number of carbonyl (C=O) groups excluding carboxylic acids is 2. The van der Waals surface area contributed by atoms with Crippen molar-refractivity contribution >= 4 is 27.5 Å². The third kappa shape index (κ3) is 4.85. The van der Waals surface area contributed by atoms with Gasteiger partial charge in [-0.1, -0.05) is 0 Å². The van der Waals surface area contributed by atoms with Gasteiger partial charge in [0.2, 0.25) is 21.8 Å². The molecule has 25 heavy (non-hydrogen) atoms. The van der Waals surface area contributed by atoms with Crippen LogP contribution in [0.4, 0.5) is 10.1 Å². The number of carbonyl (C=O) groups is 2. The average molecular weight is 365 g/mol. The van der Waals surface area contributed by atoms with Crippen LogP contribution in [0.1, 0.15) is 17.3 Å². The van der Waals surface area contributed by atoms with Crippen molar-refractivity contribution in [1.29, 1.82) is 0 Å². The third-order valence-electron chi connectivity index (χ3n) is 3.29. The summed E-state index contributed by atoms with van der Waals surface area (Å²) in [7, 11) is -3.97. The highest BCUT2D eigenvalue weighted by atomic mass is 32.2. The monoisotopic (exact) mass is 365 g/mol. The second-order valence-corrected chi connectivity index (χ2v) is 6.94. The Morgan fingerprint density at radius 2 is 1.60 bits per heavy atom. The van der Waals surface area contributed by atoms with Gasteiger partial charge in [-0.25, -0.2) is 12.8 Å². The number of nitrogens with two attached hydrogens (primary N) is 1. The number of hydrogen-bond acceptors (Lipinski definition) is 4. The number of nitrogens with one attached hydrogen (secondary N) is 2. The maximum absolute atomic E-state index is 12.9. The second kappa shape index (κ2) is 7.41. The molecule has 4 N–H and O–H groups in total. The van der Waals surface area contributed by atoms with E-state index in [0.29, 0.717) is 5.69 Å². The van der Waals surface area contributed by atoms with E-state index in [9.17, 15) is 22.4 Å². The van der Waals surface area contributed by atoms with Crippen LogP contribution in [0.3, 0.4) is 0 Å². The number of halogens is 1. The van der Waals surface area contributed by atoms with Crippen LogP contribution in [-0.4, -0.2) is 26.3 Å². The Labute approximate surface area is 144 Å². The number of rotatable bonds is 6. The van der Waals surface area contributed by atoms with Crippen LogP contribution in [0.25, 0.3) is 0 Å². The molecule has 2 aromatic rings. The fraction of sp³-hybridized carbons (Fsp3) is 0.125. The van der Waals surface area contributed by atoms with E-state index in [1.807, 2.05) is 0 Å². The molecule has 2 aromatic carbocycles. The molecule has 9 heteroatoms. The van der Waals surface area contributed by atoms with Crippen molar-refractivity contribution in [3.05, 3.63) is 59.9 Å². The van der Waals surface area contributed by atoms with Gasteiger partial charge in [0.15, 0.2) is 0 Å². The van der Waals surface area contributed by atoms with Crippen LogP contribution in [0.2, 0.25) is 0 Å². The van der Waals surface area contributed by atoms with Gasteiger partial charge in [-0.05, 0) is 55.5 Å². The maximum atomic E-state index is 12.9. The Morgan fingerprint density at radius 1 is 1.04 bits per heavy atom. The molecule has 0 spiro atoms. The second-order valence-electron chi connectivity index (χ2n) is 5.23. The van der Waals surface area contributed by atoms with E-state index in [1.165, 1.54) is 31.2 Å². The molecule has 0 aromatic heterocycles. The molecule has 0 unspecified atom stereocenters. The summed E-state index contributed by atoms with van der Waals surface area (Å²) in [4.78, 5) is 22.9. The van der Waals surface area contributed by atoms with Crippen LogP contribution in [0, 0.1) is 5.82 Å². The quantitative estimate of drug-likeness (QED) is 0.713. The van der Waals surface area contributed by atoms with Crippen molar-refractivity contribution in [3.8, 4) is 0 Å². The van der Waals surface area contributed by atoms with Gasteiger partial charge < -0.3 is 11.1 Å². The SMILES string of the molecule is C[C@H](NS(=O)(=O)c1ccc(F)cc1)C(=O)Nc1ccc(C(N)=O)cc1. The summed E-state index contributed by atoms with van der Waals surface area (Å²) in [6.07, 6.45) is 0. The number of hydrogen-bond donors (Lipinski definition) is 3. The Bertz CT molecular complexity index is 881. The Balaban J connectivity index is 2.04. The van der Waals surface area contributed by atoms with Gasteiger partial charge in [0, 0.05) is 11.3 Å². The molecule has 132 valence electrons. The number of anilines is 1. The zero-order valence-electron chi connectivity index (χ0n) is 13.2. The van der Waals surface area contributed by atoms with E-state index < -0.39 is 33.7 Å². The van der Waals surface area contributed by atoms with Crippen molar-refractivity contribution in [3.63, 3.8) is 0 Å². The molecule has 7 nitrogen and oxygen atoms in total. The van der Waals surface area contributed by atoms with Gasteiger partial charge in [0.1, 0.15) is 5.82 Å². The fourth-order valence-corrected chi connectivity index (χ4v) is 3.14. The maximum Gasteiger partial charge on any atom is 0.248 e. The summed E-state index contributed by atoms with van der Waals surface area (Å²) in [6, 6.07) is 8.97. The van der Waals surface area contributed by atoms with Crippen LogP contribution in [0.15, 0.2) is 53.4 Å². The normalized spacial score (nSPS) is 12.4. The van der Waals surface area contributed by atoms with Crippen molar-refractivity contribution in [2.45, 2.75) is 17.9 Å². The zero-order valence-corrected chi connectivity index (χ0v) is 14.0. The average Bonchev–Trinajstić information content (AvgIpc) is 2.55. The minimum absolute atomic E-state index is 0.153. The van der Waals surface area contributed by atoms with Crippen LogP contribution >= 0.6 is 0 Å². The number of primary amides is 1. The molecule has 0 saturated heterocycles. The lowest BCUT2D eigenvalue weighted by atomic mass is 10.2. The van der Waals surface area contributed by atoms with E-state index in [4.69, 9.17) is 5.73 Å². The highest BCUT2D eigenvalue weighted by Crippen LogP contribution is 2.12. The molecule has 2 rings (SSSR count). The number of amides is 2. The van der Waals surface area contributed by atoms with Gasteiger partial charge >= 0.3 is 0 Å². The first-order chi connectivity index (χ1) is 11.7. The molecule has 2 amide bonds. The Morgan fingerprint density at radius 3 is 2.12 bits per heavy atom. The Kier molecular flexibility index (Phi) is 5.50. The first kappa shape index (κ1) is 18.6. The first-order valence-corrected chi connectivity index (χ1v) is 8.66. The Hall–Kier alpha value is -2.78. The molecule has 0 saturated carbocycles. The van der Waals surface area contributed by atoms with Crippen molar-refractivity contribution < 1.29 is 22.4 Å². The standard InChI is InChI=1S/C16H16FN3O4S/c1-10(20-25(23,24)14-8-4-12(17)5-9-14)16(22)19-13-6-2-11(3-7-13)15(18)21/h2-10,20H,1H3,(H2,18,21)(H,19,22)/t10-/m0/s1. The lowest BCUT2D eigenvalue weighted by molar-refractivity contribution is -0.117. The number of sulfonamides is 1. The zero-order chi connectivity index (χ0) is 18.6. The summed E-state index contributed by atoms with van der Waals surface area (Å²) in [5.74, 6) is -1.76. The summed E-state index contributed by atoms with van der Waals surface area (Å²) >= 11 is 0. The van der Waals surface area contributed by atoms with Crippen molar-refractivity contribution in [2.24, 2.45) is 5.73 Å². The molecular weight excluding hydrogens is 349 g/mol. The molecule has 0 aliphatic carbocycles. The molecule has 0 aliphatic rings. The highest BCUT2D eigenvalue weighted by molar-refractivity contribution is 7.89. The van der Waals surface area contributed by atoms with Gasteiger partial charge in [0.05, 0.1) is 10.9 Å². The molecule has 0 bridgehead atoms. The summed E-state index contributed by atoms with van der Waals surface area (Å²) in [6.45, 7) is 1.37. The topological polar surface area (TPSA) is 118 Å². The van der Waals surface area contributed by atoms with E-state index in [-0.39, 0.29) is 10.5 Å². The van der Waals surface area contributed by atoms with Crippen molar-refractivity contribution in [1.82, 2.24) is 4.72 Å². The van der Waals surface area contributed by atoms with Gasteiger partial charge in [0.25, 0.3) is 0 Å². The fourth-order valence-electron chi connectivity index (χ4n) is 1.94. The molecule has 0 fully saturated rings. The minimum Gasteiger partial charge on any atom is -0.366 e. The van der Waals surface area contributed by atoms with Crippen LogP contribution < -0.4 is 15.8 Å². The third-order valence-corrected chi connectivity index (χ3v) is 4.84. The summed E-state index contributed by atoms with van der Waals surface area (Å²) < 4.78 is 39.4. The number of benzene rings is 2.